The third-order valence-electron chi connectivity index (χ3n) is 7.29. The summed E-state index contributed by atoms with van der Waals surface area (Å²) < 4.78 is 0. The molecule has 1 unspecified atom stereocenters. The number of thioether (sulfide) groups is 1. The summed E-state index contributed by atoms with van der Waals surface area (Å²) in [5, 5.41) is 27.7. The van der Waals surface area contributed by atoms with Crippen molar-refractivity contribution in [3.8, 4) is 0 Å². The summed E-state index contributed by atoms with van der Waals surface area (Å²) in [5.41, 5.74) is 0.489. The third-order valence-corrected chi connectivity index (χ3v) is 8.62. The summed E-state index contributed by atoms with van der Waals surface area (Å²) in [6.45, 7) is 2.39. The van der Waals surface area contributed by atoms with Crippen LogP contribution >= 0.6 is 11.8 Å². The lowest BCUT2D eigenvalue weighted by Crippen LogP contribution is -2.28. The number of Topliss-reactive ketones (excluding diaryl/α,β-unsaturated/α-hetero) is 1. The van der Waals surface area contributed by atoms with Crippen LogP contribution in [-0.2, 0) is 9.59 Å². The van der Waals surface area contributed by atoms with Crippen molar-refractivity contribution in [2.75, 3.05) is 12.4 Å². The van der Waals surface area contributed by atoms with Crippen molar-refractivity contribution in [2.24, 2.45) is 17.3 Å². The summed E-state index contributed by atoms with van der Waals surface area (Å²) in [7, 11) is 0. The number of carbonyl (C=O) groups is 2. The fourth-order valence-electron chi connectivity index (χ4n) is 5.21. The van der Waals surface area contributed by atoms with E-state index in [2.05, 4.69) is 19.1 Å². The number of allylic oxidation sites excluding steroid dienone is 2. The molecule has 0 bridgehead atoms. The predicted octanol–water partition coefficient (Wildman–Crippen LogP) is 4.99. The van der Waals surface area contributed by atoms with Crippen molar-refractivity contribution < 1.29 is 24.9 Å². The van der Waals surface area contributed by atoms with Crippen LogP contribution in [0.3, 0.4) is 0 Å². The zero-order valence-corrected chi connectivity index (χ0v) is 20.0. The van der Waals surface area contributed by atoms with Crippen LogP contribution in [0.2, 0.25) is 0 Å². The molecule has 2 aliphatic rings. The normalized spacial score (nSPS) is 26.3. The summed E-state index contributed by atoms with van der Waals surface area (Å²) >= 11 is 1.72. The molecule has 0 amide bonds. The maximum Gasteiger partial charge on any atom is 0.332 e. The van der Waals surface area contributed by atoms with Gasteiger partial charge < -0.3 is 15.3 Å². The van der Waals surface area contributed by atoms with Gasteiger partial charge in [-0.15, -0.1) is 0 Å². The van der Waals surface area contributed by atoms with E-state index in [4.69, 9.17) is 5.11 Å². The van der Waals surface area contributed by atoms with Crippen molar-refractivity contribution in [1.82, 2.24) is 0 Å². The van der Waals surface area contributed by atoms with Crippen LogP contribution in [0, 0.1) is 17.3 Å². The van der Waals surface area contributed by atoms with Crippen LogP contribution in [0.5, 0.6) is 0 Å². The topological polar surface area (TPSA) is 94.8 Å². The molecule has 0 saturated heterocycles. The maximum absolute atomic E-state index is 12.8. The van der Waals surface area contributed by atoms with Crippen LogP contribution in [0.4, 0.5) is 0 Å². The van der Waals surface area contributed by atoms with E-state index in [9.17, 15) is 19.8 Å². The first-order valence-electron chi connectivity index (χ1n) is 12.2. The number of unbranched alkanes of at least 4 members (excludes halogenated alkanes) is 3. The van der Waals surface area contributed by atoms with Crippen LogP contribution in [0.25, 0.3) is 0 Å². The largest absolute Gasteiger partial charge is 0.479 e. The second-order valence-corrected chi connectivity index (χ2v) is 10.9. The standard InChI is InChI=1S/C25H42O5S/c1-2-3-12-25(14-8-15-25)13-7-10-20-19(22(28)18-23(20)31-17-16-26)9-5-4-6-11-21(27)24(29)30/h7,10,19-21,23,26-27H,2-6,8-9,11-18H2,1H3,(H,29,30)/t19-,20-,21?,23+/m1/s1. The number of aliphatic hydroxyl groups is 2. The lowest BCUT2D eigenvalue weighted by Gasteiger charge is -2.42. The Hall–Kier alpha value is -0.850. The highest BCUT2D eigenvalue weighted by molar-refractivity contribution is 8.00. The van der Waals surface area contributed by atoms with Crippen LogP contribution in [-0.4, -0.2) is 50.8 Å². The number of carboxylic acid groups (broad SMARTS) is 1. The minimum atomic E-state index is -1.28. The van der Waals surface area contributed by atoms with Crippen molar-refractivity contribution in [1.29, 1.82) is 0 Å². The van der Waals surface area contributed by atoms with Gasteiger partial charge in [0, 0.05) is 23.3 Å². The Bertz CT molecular complexity index is 586. The number of carbonyl (C=O) groups excluding carboxylic acids is 1. The van der Waals surface area contributed by atoms with Gasteiger partial charge in [0.2, 0.25) is 0 Å². The number of ketones is 1. The Balaban J connectivity index is 1.90. The Morgan fingerprint density at radius 3 is 2.65 bits per heavy atom. The fourth-order valence-corrected chi connectivity index (χ4v) is 6.40. The molecule has 0 radical (unpaired) electrons. The van der Waals surface area contributed by atoms with Gasteiger partial charge in [0.05, 0.1) is 6.61 Å². The van der Waals surface area contributed by atoms with Gasteiger partial charge in [-0.2, -0.15) is 11.8 Å². The van der Waals surface area contributed by atoms with E-state index in [0.717, 1.165) is 25.7 Å². The van der Waals surface area contributed by atoms with E-state index in [1.165, 1.54) is 38.5 Å². The number of rotatable bonds is 16. The number of carboxylic acids is 1. The molecule has 4 atom stereocenters. The molecular weight excluding hydrogens is 412 g/mol. The lowest BCUT2D eigenvalue weighted by molar-refractivity contribution is -0.147. The van der Waals surface area contributed by atoms with Gasteiger partial charge in [0.25, 0.3) is 0 Å². The van der Waals surface area contributed by atoms with Gasteiger partial charge in [0.1, 0.15) is 5.78 Å². The highest BCUT2D eigenvalue weighted by Crippen LogP contribution is 2.49. The average molecular weight is 455 g/mol. The van der Waals surface area contributed by atoms with Crippen molar-refractivity contribution >= 4 is 23.5 Å². The van der Waals surface area contributed by atoms with E-state index in [0.29, 0.717) is 29.8 Å². The fraction of sp³-hybridized carbons (Fsp3) is 0.840. The molecule has 0 aromatic carbocycles. The van der Waals surface area contributed by atoms with E-state index < -0.39 is 12.1 Å². The molecule has 31 heavy (non-hydrogen) atoms. The maximum atomic E-state index is 12.8. The molecule has 0 aromatic heterocycles. The lowest BCUT2D eigenvalue weighted by atomic mass is 9.64. The molecule has 5 nitrogen and oxygen atoms in total. The summed E-state index contributed by atoms with van der Waals surface area (Å²) in [6.07, 6.45) is 16.4. The highest BCUT2D eigenvalue weighted by atomic mass is 32.2. The van der Waals surface area contributed by atoms with Gasteiger partial charge in [-0.25, -0.2) is 4.79 Å². The first kappa shape index (κ1) is 26.4. The third kappa shape index (κ3) is 8.21. The van der Waals surface area contributed by atoms with Gasteiger partial charge in [-0.3, -0.25) is 4.79 Å². The second-order valence-electron chi connectivity index (χ2n) is 9.57. The number of aliphatic hydroxyl groups excluding tert-OH is 2. The Morgan fingerprint density at radius 1 is 1.26 bits per heavy atom. The van der Waals surface area contributed by atoms with E-state index in [1.54, 1.807) is 11.8 Å². The first-order valence-corrected chi connectivity index (χ1v) is 13.3. The average Bonchev–Trinajstić information content (AvgIpc) is 3.01. The second kappa shape index (κ2) is 13.6. The molecule has 0 spiro atoms. The monoisotopic (exact) mass is 454 g/mol. The van der Waals surface area contributed by atoms with Gasteiger partial charge in [-0.05, 0) is 49.9 Å². The highest BCUT2D eigenvalue weighted by Gasteiger charge is 2.41. The van der Waals surface area contributed by atoms with E-state index in [-0.39, 0.29) is 30.1 Å². The molecule has 2 fully saturated rings. The van der Waals surface area contributed by atoms with Crippen LogP contribution < -0.4 is 0 Å². The minimum absolute atomic E-state index is 0.0322. The molecule has 178 valence electrons. The van der Waals surface area contributed by atoms with Gasteiger partial charge in [0.15, 0.2) is 6.10 Å². The quantitative estimate of drug-likeness (QED) is 0.225. The molecule has 0 heterocycles. The minimum Gasteiger partial charge on any atom is -0.479 e. The molecule has 2 rings (SSSR count). The smallest absolute Gasteiger partial charge is 0.332 e. The number of aliphatic carboxylic acids is 1. The molecule has 2 aliphatic carbocycles. The van der Waals surface area contributed by atoms with Gasteiger partial charge in [-0.1, -0.05) is 57.6 Å². The SMILES string of the molecule is CCCCC1(CC=C[C@H]2[C@@H](SCCO)CC(=O)[C@@H]2CCCCCC(O)C(=O)O)CCC1. The predicted molar refractivity (Wildman–Crippen MR) is 126 cm³/mol. The zero-order valence-electron chi connectivity index (χ0n) is 19.1. The van der Waals surface area contributed by atoms with E-state index in [1.807, 2.05) is 0 Å². The molecular formula is C25H42O5S. The molecule has 0 aliphatic heterocycles. The van der Waals surface area contributed by atoms with E-state index >= 15 is 0 Å². The molecule has 6 heteroatoms. The van der Waals surface area contributed by atoms with Crippen molar-refractivity contribution in [3.63, 3.8) is 0 Å². The van der Waals surface area contributed by atoms with Gasteiger partial charge >= 0.3 is 5.97 Å². The zero-order chi connectivity index (χ0) is 22.7. The van der Waals surface area contributed by atoms with Crippen molar-refractivity contribution in [3.05, 3.63) is 12.2 Å². The number of hydrogen-bond acceptors (Lipinski definition) is 5. The first-order chi connectivity index (χ1) is 14.9. The van der Waals surface area contributed by atoms with Crippen LogP contribution in [0.1, 0.15) is 90.4 Å². The summed E-state index contributed by atoms with van der Waals surface area (Å²) in [6, 6.07) is 0. The summed E-state index contributed by atoms with van der Waals surface area (Å²) in [5.74, 6) is 0.104. The Kier molecular flexibility index (Phi) is 11.6. The Labute approximate surface area is 192 Å². The number of hydrogen-bond donors (Lipinski definition) is 3. The molecule has 2 saturated carbocycles. The molecule has 0 aromatic rings. The van der Waals surface area contributed by atoms with Crippen molar-refractivity contribution in [2.45, 2.75) is 102 Å². The molecule has 3 N–H and O–H groups in total. The van der Waals surface area contributed by atoms with Crippen LogP contribution in [0.15, 0.2) is 12.2 Å². The summed E-state index contributed by atoms with van der Waals surface area (Å²) in [4.78, 5) is 23.5. The Morgan fingerprint density at radius 2 is 2.03 bits per heavy atom.